The zero-order chi connectivity index (χ0) is 30.4. The largest absolute Gasteiger partial charge is 0.492 e. The van der Waals surface area contributed by atoms with Crippen molar-refractivity contribution >= 4 is 11.8 Å². The second-order valence-electron chi connectivity index (χ2n) is 12.1. The van der Waals surface area contributed by atoms with Crippen molar-refractivity contribution in [3.05, 3.63) is 113 Å². The van der Waals surface area contributed by atoms with Gasteiger partial charge in [-0.25, -0.2) is 4.39 Å². The van der Waals surface area contributed by atoms with Crippen LogP contribution in [-0.4, -0.2) is 30.5 Å². The number of likely N-dealkylation sites (N-methyl/N-ethyl adjacent to an activating group) is 1. The van der Waals surface area contributed by atoms with Gasteiger partial charge < -0.3 is 20.1 Å². The van der Waals surface area contributed by atoms with E-state index in [0.29, 0.717) is 35.2 Å². The first kappa shape index (κ1) is 28.1. The number of aromatic nitrogens is 1. The number of carbonyl (C=O) groups is 2. The fourth-order valence-corrected chi connectivity index (χ4v) is 6.06. The maximum Gasteiger partial charge on any atom is 0.255 e. The van der Waals surface area contributed by atoms with E-state index in [1.807, 2.05) is 55.5 Å². The molecule has 2 N–H and O–H groups in total. The van der Waals surface area contributed by atoms with E-state index in [1.54, 1.807) is 25.4 Å². The molecule has 3 aromatic carbocycles. The fraction of sp³-hybridized carbons (Fsp3) is 0.306. The van der Waals surface area contributed by atoms with Crippen molar-refractivity contribution < 1.29 is 23.5 Å². The number of nitrogens with zero attached hydrogens (tertiary/aromatic N) is 1. The molecule has 2 fully saturated rings. The lowest BCUT2D eigenvalue weighted by molar-refractivity contribution is -0.123. The Kier molecular flexibility index (Phi) is 7.07. The van der Waals surface area contributed by atoms with Crippen LogP contribution in [0, 0.1) is 18.7 Å². The van der Waals surface area contributed by atoms with Crippen molar-refractivity contribution in [2.24, 2.45) is 5.92 Å². The molecule has 44 heavy (non-hydrogen) atoms. The van der Waals surface area contributed by atoms with Crippen LogP contribution in [0.15, 0.2) is 79.0 Å². The van der Waals surface area contributed by atoms with Crippen molar-refractivity contribution in [3.8, 4) is 22.6 Å². The summed E-state index contributed by atoms with van der Waals surface area (Å²) in [7, 11) is 1.60. The molecule has 8 heteroatoms. The van der Waals surface area contributed by atoms with Gasteiger partial charge in [0.25, 0.3) is 5.91 Å². The molecule has 1 aliphatic heterocycles. The molecule has 2 amide bonds. The summed E-state index contributed by atoms with van der Waals surface area (Å²) >= 11 is 0. The number of nitrogens with one attached hydrogen (secondary N) is 2. The zero-order valence-electron chi connectivity index (χ0n) is 24.7. The minimum Gasteiger partial charge on any atom is -0.492 e. The summed E-state index contributed by atoms with van der Waals surface area (Å²) in [5.41, 5.74) is 4.97. The van der Waals surface area contributed by atoms with Gasteiger partial charge in [-0.1, -0.05) is 24.3 Å². The minimum absolute atomic E-state index is 0.194. The molecule has 1 aromatic heterocycles. The van der Waals surface area contributed by atoms with E-state index in [2.05, 4.69) is 15.6 Å². The Bertz CT molecular complexity index is 1730. The number of pyridine rings is 1. The van der Waals surface area contributed by atoms with Crippen LogP contribution in [0.4, 0.5) is 4.39 Å². The van der Waals surface area contributed by atoms with Gasteiger partial charge in [-0.15, -0.1) is 0 Å². The van der Waals surface area contributed by atoms with Crippen LogP contribution >= 0.6 is 0 Å². The average molecular weight is 592 g/mol. The molecule has 2 atom stereocenters. The highest BCUT2D eigenvalue weighted by Gasteiger charge is 2.47. The number of hydrogen-bond donors (Lipinski definition) is 2. The summed E-state index contributed by atoms with van der Waals surface area (Å²) in [6, 6.07) is 21.4. The number of benzene rings is 3. The summed E-state index contributed by atoms with van der Waals surface area (Å²) in [6.07, 6.45) is 5.10. The van der Waals surface area contributed by atoms with Gasteiger partial charge in [0.05, 0.1) is 23.4 Å². The van der Waals surface area contributed by atoms with E-state index in [1.165, 1.54) is 12.1 Å². The lowest BCUT2D eigenvalue weighted by atomic mass is 9.88. The molecule has 224 valence electrons. The summed E-state index contributed by atoms with van der Waals surface area (Å²) in [5.74, 6) is 0.318. The van der Waals surface area contributed by atoms with Crippen molar-refractivity contribution in [2.75, 3.05) is 13.7 Å². The molecule has 2 unspecified atom stereocenters. The van der Waals surface area contributed by atoms with E-state index >= 15 is 0 Å². The van der Waals surface area contributed by atoms with Crippen LogP contribution < -0.4 is 20.1 Å². The molecule has 2 aliphatic carbocycles. The van der Waals surface area contributed by atoms with Crippen LogP contribution in [0.2, 0.25) is 0 Å². The van der Waals surface area contributed by atoms with Crippen molar-refractivity contribution in [1.82, 2.24) is 15.6 Å². The second kappa shape index (κ2) is 11.1. The number of ether oxygens (including phenoxy) is 2. The van der Waals surface area contributed by atoms with Gasteiger partial charge in [-0.2, -0.15) is 0 Å². The third kappa shape index (κ3) is 5.29. The van der Waals surface area contributed by atoms with Gasteiger partial charge in [0.2, 0.25) is 5.91 Å². The number of fused-ring (bicyclic) bond motifs is 1. The Labute approximate surface area is 255 Å². The molecule has 2 heterocycles. The number of hydrogen-bond acceptors (Lipinski definition) is 5. The predicted molar refractivity (Wildman–Crippen MR) is 164 cm³/mol. The Morgan fingerprint density at radius 3 is 2.52 bits per heavy atom. The summed E-state index contributed by atoms with van der Waals surface area (Å²) in [4.78, 5) is 31.6. The first-order chi connectivity index (χ1) is 21.3. The highest BCUT2D eigenvalue weighted by molar-refractivity contribution is 5.99. The molecule has 0 bridgehead atoms. The molecule has 0 radical (unpaired) electrons. The van der Waals surface area contributed by atoms with Crippen LogP contribution in [0.3, 0.4) is 0 Å². The molecule has 7 rings (SSSR count). The van der Waals surface area contributed by atoms with E-state index in [9.17, 15) is 14.0 Å². The fourth-order valence-electron chi connectivity index (χ4n) is 6.06. The zero-order valence-corrected chi connectivity index (χ0v) is 24.7. The van der Waals surface area contributed by atoms with Crippen LogP contribution in [0.5, 0.6) is 11.5 Å². The molecular weight excluding hydrogens is 557 g/mol. The van der Waals surface area contributed by atoms with Crippen molar-refractivity contribution in [3.63, 3.8) is 0 Å². The van der Waals surface area contributed by atoms with Crippen LogP contribution in [-0.2, 0) is 10.3 Å². The Hall–Kier alpha value is -4.72. The Balaban J connectivity index is 1.25. The van der Waals surface area contributed by atoms with Gasteiger partial charge in [0.1, 0.15) is 29.3 Å². The quantitative estimate of drug-likeness (QED) is 0.236. The molecule has 3 aliphatic rings. The van der Waals surface area contributed by atoms with Gasteiger partial charge in [0.15, 0.2) is 0 Å². The molecular formula is C36H34FN3O4. The normalized spacial score (nSPS) is 19.4. The number of carbonyl (C=O) groups excluding carboxylic acids is 2. The van der Waals surface area contributed by atoms with E-state index in [4.69, 9.17) is 9.47 Å². The predicted octanol–water partition coefficient (Wildman–Crippen LogP) is 6.37. The van der Waals surface area contributed by atoms with Gasteiger partial charge in [0, 0.05) is 18.8 Å². The standard InChI is InChI=1S/C36H34FN3O4/c1-21-17-30(43-20-22-6-7-22)28(34(41)40-36(14-15-36)31-5-3-4-16-39-31)19-26(21)24-10-13-29-27(18-24)32(35(42)38-2)33(44-29)23-8-11-25(37)12-9-23/h3-5,8-13,16-19,22,32-33H,6-7,14-15,20H2,1-2H3,(H,38,42)(H,40,41). The van der Waals surface area contributed by atoms with Gasteiger partial charge in [-0.05, 0) is 109 Å². The molecule has 0 saturated heterocycles. The van der Waals surface area contributed by atoms with E-state index in [-0.39, 0.29) is 17.6 Å². The van der Waals surface area contributed by atoms with E-state index < -0.39 is 17.6 Å². The maximum absolute atomic E-state index is 13.9. The molecule has 4 aromatic rings. The lowest BCUT2D eigenvalue weighted by Gasteiger charge is -2.20. The molecule has 7 nitrogen and oxygen atoms in total. The van der Waals surface area contributed by atoms with E-state index in [0.717, 1.165) is 53.6 Å². The maximum atomic E-state index is 13.9. The second-order valence-corrected chi connectivity index (χ2v) is 12.1. The Morgan fingerprint density at radius 2 is 1.84 bits per heavy atom. The highest BCUT2D eigenvalue weighted by Crippen LogP contribution is 2.48. The summed E-state index contributed by atoms with van der Waals surface area (Å²) < 4.78 is 26.2. The highest BCUT2D eigenvalue weighted by atomic mass is 19.1. The third-order valence-corrected chi connectivity index (χ3v) is 8.94. The smallest absolute Gasteiger partial charge is 0.255 e. The number of rotatable bonds is 9. The summed E-state index contributed by atoms with van der Waals surface area (Å²) in [5, 5.41) is 6.02. The topological polar surface area (TPSA) is 89.6 Å². The number of amides is 2. The first-order valence-corrected chi connectivity index (χ1v) is 15.1. The van der Waals surface area contributed by atoms with Gasteiger partial charge in [-0.3, -0.25) is 14.6 Å². The number of halogens is 1. The number of aryl methyl sites for hydroxylation is 1. The third-order valence-electron chi connectivity index (χ3n) is 8.94. The molecule has 0 spiro atoms. The van der Waals surface area contributed by atoms with Crippen molar-refractivity contribution in [1.29, 1.82) is 0 Å². The van der Waals surface area contributed by atoms with Crippen LogP contribution in [0.1, 0.15) is 70.4 Å². The minimum atomic E-state index is -0.627. The van der Waals surface area contributed by atoms with Gasteiger partial charge >= 0.3 is 0 Å². The summed E-state index contributed by atoms with van der Waals surface area (Å²) in [6.45, 7) is 2.58. The average Bonchev–Trinajstić information content (AvgIpc) is 3.98. The first-order valence-electron chi connectivity index (χ1n) is 15.1. The van der Waals surface area contributed by atoms with Crippen molar-refractivity contribution in [2.45, 2.75) is 50.2 Å². The monoisotopic (exact) mass is 591 g/mol. The van der Waals surface area contributed by atoms with Crippen LogP contribution in [0.25, 0.3) is 11.1 Å². The SMILES string of the molecule is CNC(=O)C1c2cc(-c3cc(C(=O)NC4(c5ccccn5)CC4)c(OCC4CC4)cc3C)ccc2OC1c1ccc(F)cc1. The lowest BCUT2D eigenvalue weighted by Crippen LogP contribution is -2.35. The molecule has 2 saturated carbocycles. The Morgan fingerprint density at radius 1 is 1.05 bits per heavy atom.